The zero-order valence-corrected chi connectivity index (χ0v) is 42.2. The molecule has 8 amide bonds. The van der Waals surface area contributed by atoms with Gasteiger partial charge in [0.1, 0.15) is 42.0 Å². The first-order valence-corrected chi connectivity index (χ1v) is 24.7. The van der Waals surface area contributed by atoms with E-state index in [1.807, 2.05) is 6.26 Å². The number of hydrogen-bond acceptors (Lipinski definition) is 15. The average molecular weight is 1050 g/mol. The SMILES string of the molecule is CSCC[C@H](N)C(=O)N[C@@H](Cc1ccc(O)cc1)C(=O)N[C@H](C(=O)NCC(=O)NCC(=O)N[C@H](C(=O)N[C@@H](CCC(=O)O)C(=O)N[C@@H](Cc1cnc[nH]1)C(=O)N[C@@H](CCCN=C(N)N)C(=O)O)C(C)C)C(C)C. The molecule has 1 aromatic heterocycles. The van der Waals surface area contributed by atoms with E-state index in [4.69, 9.17) is 17.2 Å². The zero-order valence-electron chi connectivity index (χ0n) is 41.4. The maximum atomic E-state index is 13.8. The van der Waals surface area contributed by atoms with Gasteiger partial charge >= 0.3 is 11.9 Å². The smallest absolute Gasteiger partial charge is 0.326 e. The molecule has 1 heterocycles. The number of aromatic amines is 1. The van der Waals surface area contributed by atoms with Crippen molar-refractivity contribution in [2.24, 2.45) is 34.0 Å². The van der Waals surface area contributed by atoms with Crippen LogP contribution in [0.15, 0.2) is 41.8 Å². The Hall–Kier alpha value is -7.49. The van der Waals surface area contributed by atoms with Crippen LogP contribution in [0.3, 0.4) is 0 Å². The van der Waals surface area contributed by atoms with Gasteiger partial charge < -0.3 is 80.0 Å². The van der Waals surface area contributed by atoms with Crippen molar-refractivity contribution in [2.75, 3.05) is 31.6 Å². The number of phenolic OH excluding ortho intramolecular Hbond substituents is 1. The number of nitrogens with two attached hydrogens (primary N) is 3. The molecule has 0 aliphatic rings. The molecule has 404 valence electrons. The molecule has 18 N–H and O–H groups in total. The minimum Gasteiger partial charge on any atom is -0.508 e. The van der Waals surface area contributed by atoms with Crippen LogP contribution in [0.1, 0.15) is 71.1 Å². The van der Waals surface area contributed by atoms with Gasteiger partial charge in [-0.15, -0.1) is 0 Å². The van der Waals surface area contributed by atoms with Gasteiger partial charge in [-0.25, -0.2) is 9.78 Å². The first kappa shape index (κ1) is 61.6. The number of carbonyl (C=O) groups excluding carboxylic acids is 8. The van der Waals surface area contributed by atoms with E-state index in [9.17, 15) is 63.3 Å². The molecule has 0 aliphatic carbocycles. The molecule has 0 radical (unpaired) electrons. The van der Waals surface area contributed by atoms with Crippen molar-refractivity contribution < 1.29 is 63.3 Å². The number of rotatable bonds is 33. The summed E-state index contributed by atoms with van der Waals surface area (Å²) in [5, 5.41) is 48.7. The third-order valence-corrected chi connectivity index (χ3v) is 11.5. The van der Waals surface area contributed by atoms with Gasteiger partial charge in [0, 0.05) is 37.7 Å². The van der Waals surface area contributed by atoms with E-state index in [-0.39, 0.29) is 43.9 Å². The summed E-state index contributed by atoms with van der Waals surface area (Å²) < 4.78 is 0. The number of nitrogens with zero attached hydrogens (tertiary/aromatic N) is 2. The van der Waals surface area contributed by atoms with Gasteiger partial charge in [0.15, 0.2) is 5.96 Å². The second-order valence-corrected chi connectivity index (χ2v) is 18.5. The number of imidazole rings is 1. The van der Waals surface area contributed by atoms with Crippen LogP contribution in [-0.2, 0) is 60.8 Å². The third-order valence-electron chi connectivity index (χ3n) is 10.8. The number of nitrogens with one attached hydrogen (secondary N) is 9. The summed E-state index contributed by atoms with van der Waals surface area (Å²) in [4.78, 5) is 141. The molecule has 28 heteroatoms. The molecule has 27 nitrogen and oxygen atoms in total. The molecule has 0 spiro atoms. The van der Waals surface area contributed by atoms with Crippen LogP contribution < -0.4 is 59.7 Å². The number of amides is 8. The van der Waals surface area contributed by atoms with Crippen LogP contribution in [0.25, 0.3) is 0 Å². The molecule has 0 saturated carbocycles. The number of aliphatic carboxylic acids is 2. The number of carboxylic acids is 2. The fourth-order valence-electron chi connectivity index (χ4n) is 6.73. The fraction of sp³-hybridized carbons (Fsp3) is 0.556. The molecule has 0 fully saturated rings. The van der Waals surface area contributed by atoms with E-state index in [0.717, 1.165) is 0 Å². The first-order chi connectivity index (χ1) is 34.4. The van der Waals surface area contributed by atoms with Crippen molar-refractivity contribution in [1.29, 1.82) is 0 Å². The molecule has 2 rings (SSSR count). The molecule has 73 heavy (non-hydrogen) atoms. The van der Waals surface area contributed by atoms with Crippen LogP contribution in [0.5, 0.6) is 5.75 Å². The van der Waals surface area contributed by atoms with E-state index < -0.39 is 139 Å². The largest absolute Gasteiger partial charge is 0.508 e. The monoisotopic (exact) mass is 1050 g/mol. The quantitative estimate of drug-likeness (QED) is 0.0187. The van der Waals surface area contributed by atoms with E-state index >= 15 is 0 Å². The summed E-state index contributed by atoms with van der Waals surface area (Å²) in [5.74, 6) is -10.1. The number of carbonyl (C=O) groups is 10. The summed E-state index contributed by atoms with van der Waals surface area (Å²) in [6.45, 7) is 5.14. The molecular formula is C45H70N14O13S. The normalized spacial score (nSPS) is 13.9. The highest BCUT2D eigenvalue weighted by Gasteiger charge is 2.34. The summed E-state index contributed by atoms with van der Waals surface area (Å²) >= 11 is 1.49. The highest BCUT2D eigenvalue weighted by atomic mass is 32.2. The average Bonchev–Trinajstić information content (AvgIpc) is 3.85. The Kier molecular flexibility index (Phi) is 26.8. The van der Waals surface area contributed by atoms with E-state index in [1.54, 1.807) is 39.8 Å². The topological polar surface area (TPSA) is 447 Å². The lowest BCUT2D eigenvalue weighted by atomic mass is 10.0. The van der Waals surface area contributed by atoms with Crippen LogP contribution in [0.4, 0.5) is 0 Å². The van der Waals surface area contributed by atoms with Gasteiger partial charge in [0.25, 0.3) is 0 Å². The van der Waals surface area contributed by atoms with Crippen LogP contribution in [-0.4, -0.2) is 164 Å². The highest BCUT2D eigenvalue weighted by molar-refractivity contribution is 7.98. The number of H-pyrrole nitrogens is 1. The first-order valence-electron chi connectivity index (χ1n) is 23.3. The van der Waals surface area contributed by atoms with Crippen molar-refractivity contribution in [3.05, 3.63) is 48.0 Å². The lowest BCUT2D eigenvalue weighted by Crippen LogP contribution is -2.59. The number of carboxylic acid groups (broad SMARTS) is 2. The standard InChI is InChI=1S/C45H70N14O13S/c1-23(2)36(59-41(68)31(17-25-8-10-27(60)11-9-25)56-38(65)28(46)14-16-73-5)42(69)52-20-33(61)51-21-34(62)58-37(24(3)4)43(70)54-29(12-13-35(63)64)39(66)57-32(18-26-19-49-22-53-26)40(67)55-30(44(71)72)7-6-15-50-45(47)48/h8-11,19,22-24,28-32,36-37,60H,6-7,12-18,20-21,46H2,1-5H3,(H,49,53)(H,51,61)(H,52,69)(H,54,70)(H,55,67)(H,56,65)(H,57,66)(H,58,62)(H,59,68)(H,63,64)(H,71,72)(H4,47,48,50)/t28-,29-,30-,31-,32-,36-,37-/m0/s1. The summed E-state index contributed by atoms with van der Waals surface area (Å²) in [7, 11) is 0. The molecule has 7 atom stereocenters. The van der Waals surface area contributed by atoms with Gasteiger partial charge in [-0.2, -0.15) is 11.8 Å². The minimum absolute atomic E-state index is 0.00887. The zero-order chi connectivity index (χ0) is 54.8. The van der Waals surface area contributed by atoms with E-state index in [0.29, 0.717) is 23.4 Å². The highest BCUT2D eigenvalue weighted by Crippen LogP contribution is 2.13. The Bertz CT molecular complexity index is 2210. The lowest BCUT2D eigenvalue weighted by Gasteiger charge is -2.27. The number of aromatic hydroxyl groups is 1. The van der Waals surface area contributed by atoms with E-state index in [2.05, 4.69) is 57.5 Å². The molecule has 0 saturated heterocycles. The third kappa shape index (κ3) is 23.5. The lowest BCUT2D eigenvalue weighted by molar-refractivity contribution is -0.142. The molecular weight excluding hydrogens is 977 g/mol. The van der Waals surface area contributed by atoms with Gasteiger partial charge in [0.05, 0.1) is 25.5 Å². The Morgan fingerprint density at radius 3 is 1.81 bits per heavy atom. The number of thioether (sulfide) groups is 1. The van der Waals surface area contributed by atoms with Gasteiger partial charge in [-0.1, -0.05) is 39.8 Å². The van der Waals surface area contributed by atoms with Crippen LogP contribution >= 0.6 is 11.8 Å². The summed E-state index contributed by atoms with van der Waals surface area (Å²) in [6, 6.07) is -3.14. The van der Waals surface area contributed by atoms with Crippen molar-refractivity contribution in [1.82, 2.24) is 52.5 Å². The summed E-state index contributed by atoms with van der Waals surface area (Å²) in [5.41, 5.74) is 17.6. The van der Waals surface area contributed by atoms with Crippen LogP contribution in [0.2, 0.25) is 0 Å². The maximum absolute atomic E-state index is 13.8. The van der Waals surface area contributed by atoms with Crippen molar-refractivity contribution in [3.8, 4) is 5.75 Å². The van der Waals surface area contributed by atoms with Gasteiger partial charge in [-0.3, -0.25) is 48.1 Å². The Labute approximate surface area is 425 Å². The predicted octanol–water partition coefficient (Wildman–Crippen LogP) is -3.56. The molecule has 0 bridgehead atoms. The van der Waals surface area contributed by atoms with Gasteiger partial charge in [0.2, 0.25) is 47.3 Å². The maximum Gasteiger partial charge on any atom is 0.326 e. The number of phenols is 1. The number of hydrogen-bond donors (Lipinski definition) is 15. The molecule has 2 aromatic rings. The van der Waals surface area contributed by atoms with Crippen molar-refractivity contribution in [3.63, 3.8) is 0 Å². The second kappa shape index (κ2) is 31.8. The summed E-state index contributed by atoms with van der Waals surface area (Å²) in [6.07, 6.45) is 3.60. The number of guanidine groups is 1. The Morgan fingerprint density at radius 2 is 1.23 bits per heavy atom. The predicted molar refractivity (Wildman–Crippen MR) is 267 cm³/mol. The molecule has 1 aromatic carbocycles. The van der Waals surface area contributed by atoms with Crippen molar-refractivity contribution in [2.45, 2.75) is 115 Å². The van der Waals surface area contributed by atoms with Crippen molar-refractivity contribution >= 4 is 76.9 Å². The number of aromatic nitrogens is 2. The van der Waals surface area contributed by atoms with Crippen LogP contribution in [0, 0.1) is 11.8 Å². The number of benzene rings is 1. The van der Waals surface area contributed by atoms with E-state index in [1.165, 1.54) is 36.4 Å². The molecule has 0 unspecified atom stereocenters. The Balaban J connectivity index is 2.12. The van der Waals surface area contributed by atoms with Gasteiger partial charge in [-0.05, 0) is 67.2 Å². The molecule has 0 aliphatic heterocycles. The fourth-order valence-corrected chi connectivity index (χ4v) is 7.22. The minimum atomic E-state index is -1.59. The number of aliphatic imine (C=N–C) groups is 1. The Morgan fingerprint density at radius 1 is 0.671 bits per heavy atom. The second-order valence-electron chi connectivity index (χ2n) is 17.5.